The van der Waals surface area contributed by atoms with Crippen LogP contribution < -0.4 is 0 Å². The van der Waals surface area contributed by atoms with E-state index < -0.39 is 62.4 Å². The van der Waals surface area contributed by atoms with Gasteiger partial charge in [-0.1, -0.05) is 91.2 Å². The lowest BCUT2D eigenvalue weighted by molar-refractivity contribution is -0.294. The molecule has 10 rings (SSSR count). The Labute approximate surface area is 430 Å². The van der Waals surface area contributed by atoms with Crippen LogP contribution in [-0.4, -0.2) is 152 Å². The number of carbonyl (C=O) groups excluding carboxylic acids is 1. The first-order valence-electron chi connectivity index (χ1n) is 28.8. The van der Waals surface area contributed by atoms with Gasteiger partial charge in [-0.3, -0.25) is 4.79 Å². The van der Waals surface area contributed by atoms with Gasteiger partial charge in [-0.05, 0) is 81.3 Å². The van der Waals surface area contributed by atoms with Crippen LogP contribution in [0.3, 0.4) is 0 Å². The maximum atomic E-state index is 14.5. The molecule has 9 saturated heterocycles. The molecule has 14 nitrogen and oxygen atoms in total. The highest BCUT2D eigenvalue weighted by Crippen LogP contribution is 2.54. The predicted molar refractivity (Wildman–Crippen MR) is 272 cm³/mol. The highest BCUT2D eigenvalue weighted by atomic mass is 28.3. The Kier molecular flexibility index (Phi) is 16.5. The summed E-state index contributed by atoms with van der Waals surface area (Å²) in [7, 11) is -1.85. The third-order valence-corrected chi connectivity index (χ3v) is 26.6. The summed E-state index contributed by atoms with van der Waals surface area (Å²) < 4.78 is 76.2. The summed E-state index contributed by atoms with van der Waals surface area (Å²) in [6.45, 7) is 24.6. The van der Waals surface area contributed by atoms with Crippen LogP contribution in [0.5, 0.6) is 0 Å². The molecule has 1 aliphatic carbocycles. The maximum Gasteiger partial charge on any atom is 0.308 e. The van der Waals surface area contributed by atoms with Crippen LogP contribution in [0.15, 0.2) is 37.0 Å². The van der Waals surface area contributed by atoms with Crippen molar-refractivity contribution in [3.63, 3.8) is 0 Å². The van der Waals surface area contributed by atoms with E-state index in [1.807, 2.05) is 0 Å². The molecular formula is C57H90O14Si. The fraction of sp³-hybridized carbons (Fsp3) is 0.877. The number of carbonyl (C=O) groups is 1. The second-order valence-corrected chi connectivity index (χ2v) is 29.7. The highest BCUT2D eigenvalue weighted by Gasteiger charge is 2.66. The van der Waals surface area contributed by atoms with Crippen LogP contribution in [-0.2, 0) is 56.9 Å². The van der Waals surface area contributed by atoms with E-state index in [2.05, 4.69) is 54.4 Å². The monoisotopic (exact) mass is 1030 g/mol. The molecule has 0 aromatic rings. The molecular weight excluding hydrogens is 937 g/mol. The van der Waals surface area contributed by atoms with Crippen molar-refractivity contribution < 1.29 is 67.1 Å². The number of hydrogen-bond donors (Lipinski definition) is 2. The van der Waals surface area contributed by atoms with E-state index in [9.17, 15) is 15.0 Å². The normalized spacial score (nSPS) is 46.6. The second kappa shape index (κ2) is 22.0. The topological polar surface area (TPSA) is 159 Å². The van der Waals surface area contributed by atoms with E-state index in [0.29, 0.717) is 51.4 Å². The van der Waals surface area contributed by atoms with Crippen LogP contribution in [0.4, 0.5) is 0 Å². The SMILES string of the molecule is C=CCO[C@@]1(O)C[C@]23CCC4CC(=C)C(CCC5C[C@@H](C)C(=C)C(C[C@@H]6O[C@H]7CC(OC8([Si](CC)(CC)CC)CCCCC8)C(CCO)O[C@H]7[C@H](C)C6OC(=O)CC6CCC7O[C@H](CC(O2)[C@H]7O6)C1O3)O5)O4. The summed E-state index contributed by atoms with van der Waals surface area (Å²) >= 11 is 0. The smallest absolute Gasteiger partial charge is 0.308 e. The van der Waals surface area contributed by atoms with Crippen molar-refractivity contribution in [3.05, 3.63) is 37.0 Å². The number of esters is 1. The Morgan fingerprint density at radius 1 is 0.722 bits per heavy atom. The average Bonchev–Trinajstić information content (AvgIpc) is 3.83. The lowest BCUT2D eigenvalue weighted by Gasteiger charge is -2.56. The first kappa shape index (κ1) is 53.8. The minimum Gasteiger partial charge on any atom is -0.459 e. The third-order valence-electron chi connectivity index (χ3n) is 19.9. The zero-order chi connectivity index (χ0) is 50.6. The Balaban J connectivity index is 0.930. The quantitative estimate of drug-likeness (QED) is 0.0875. The van der Waals surface area contributed by atoms with E-state index >= 15 is 0 Å². The summed E-state index contributed by atoms with van der Waals surface area (Å²) in [4.78, 5) is 14.5. The first-order valence-corrected chi connectivity index (χ1v) is 31.4. The Bertz CT molecular complexity index is 1920. The molecule has 15 heteroatoms. The lowest BCUT2D eigenvalue weighted by atomic mass is 9.79. The number of fused-ring (bicyclic) bond motifs is 10. The van der Waals surface area contributed by atoms with Gasteiger partial charge in [0.05, 0.1) is 112 Å². The molecule has 1 spiro atoms. The van der Waals surface area contributed by atoms with Gasteiger partial charge in [0.15, 0.2) is 11.6 Å². The lowest BCUT2D eigenvalue weighted by Crippen LogP contribution is -2.65. The van der Waals surface area contributed by atoms with Gasteiger partial charge in [-0.2, -0.15) is 0 Å². The summed E-state index contributed by atoms with van der Waals surface area (Å²) in [5, 5.41) is 22.5. The molecule has 2 N–H and O–H groups in total. The second-order valence-electron chi connectivity index (χ2n) is 24.1. The maximum absolute atomic E-state index is 14.5. The van der Waals surface area contributed by atoms with Gasteiger partial charge < -0.3 is 62.3 Å². The van der Waals surface area contributed by atoms with Crippen LogP contribution in [0, 0.1) is 11.8 Å². The standard InChI is InChI=1S/C57H90O14Si/c1-9-26-61-57(60)33-55-24-20-40-28-35(6)41(62-40)18-16-38-27-34(5)36(7)44(63-38)30-46-52(68-50(59)29-39-17-19-43-53(64-39)48(69-55)32-49(65-43)54(57)71-55)37(8)51-47(66-46)31-45(42(67-51)21-25-58)70-56(22-14-13-15-23-56)72(10-2,11-3)12-4/h9,34,37-49,51-54,58,60H,1,6-7,10-33H2,2-5,8H3/t34-,37+,38?,39?,40?,41?,42?,43?,44?,45?,46+,47+,48?,49-,51+,52?,53+,54?,55-,57+/m1/s1. The molecule has 20 atom stereocenters. The highest BCUT2D eigenvalue weighted by molar-refractivity contribution is 6.82. The average molecular weight is 1030 g/mol. The van der Waals surface area contributed by atoms with E-state index in [-0.39, 0.29) is 104 Å². The van der Waals surface area contributed by atoms with Crippen molar-refractivity contribution in [2.24, 2.45) is 11.8 Å². The Morgan fingerprint density at radius 3 is 2.19 bits per heavy atom. The van der Waals surface area contributed by atoms with Crippen molar-refractivity contribution in [3.8, 4) is 0 Å². The van der Waals surface area contributed by atoms with Crippen LogP contribution in [0.1, 0.15) is 157 Å². The van der Waals surface area contributed by atoms with Gasteiger partial charge in [-0.15, -0.1) is 6.58 Å². The third kappa shape index (κ3) is 10.3. The molecule has 0 amide bonds. The fourth-order valence-corrected chi connectivity index (χ4v) is 21.1. The molecule has 0 radical (unpaired) electrons. The molecule has 0 aromatic heterocycles. The summed E-state index contributed by atoms with van der Waals surface area (Å²) in [5.41, 5.74) is 2.12. The molecule has 10 fully saturated rings. The van der Waals surface area contributed by atoms with Gasteiger partial charge in [-0.25, -0.2) is 0 Å². The Morgan fingerprint density at radius 2 is 1.44 bits per heavy atom. The molecule has 72 heavy (non-hydrogen) atoms. The zero-order valence-corrected chi connectivity index (χ0v) is 45.4. The van der Waals surface area contributed by atoms with Crippen molar-refractivity contribution in [2.45, 2.75) is 289 Å². The van der Waals surface area contributed by atoms with Gasteiger partial charge in [0, 0.05) is 38.2 Å². The number of ether oxygens (including phenoxy) is 11. The Hall–Kier alpha value is -1.57. The first-order chi connectivity index (χ1) is 34.7. The zero-order valence-electron chi connectivity index (χ0n) is 44.4. The molecule has 0 aromatic carbocycles. The van der Waals surface area contributed by atoms with Crippen LogP contribution in [0.2, 0.25) is 18.1 Å². The predicted octanol–water partition coefficient (Wildman–Crippen LogP) is 8.88. The number of aliphatic hydroxyl groups excluding tert-OH is 1. The summed E-state index contributed by atoms with van der Waals surface area (Å²) in [5.74, 6) is -3.17. The van der Waals surface area contributed by atoms with Gasteiger partial charge in [0.25, 0.3) is 0 Å². The van der Waals surface area contributed by atoms with Gasteiger partial charge >= 0.3 is 5.97 Å². The molecule has 406 valence electrons. The van der Waals surface area contributed by atoms with Gasteiger partial charge in [0.2, 0.25) is 0 Å². The largest absolute Gasteiger partial charge is 0.459 e. The van der Waals surface area contributed by atoms with Gasteiger partial charge in [0.1, 0.15) is 18.3 Å². The van der Waals surface area contributed by atoms with E-state index in [0.717, 1.165) is 49.7 Å². The minimum atomic E-state index is -1.85. The van der Waals surface area contributed by atoms with Crippen molar-refractivity contribution in [1.29, 1.82) is 0 Å². The van der Waals surface area contributed by atoms with Crippen molar-refractivity contribution in [2.75, 3.05) is 13.2 Å². The van der Waals surface area contributed by atoms with E-state index in [4.69, 9.17) is 52.1 Å². The fourth-order valence-electron chi connectivity index (χ4n) is 15.9. The number of rotatable bonds is 11. The number of hydrogen-bond acceptors (Lipinski definition) is 14. The molecule has 11 unspecified atom stereocenters. The summed E-state index contributed by atoms with van der Waals surface area (Å²) in [6, 6.07) is 3.55. The number of aliphatic hydroxyl groups is 2. The van der Waals surface area contributed by atoms with Crippen LogP contribution in [0.25, 0.3) is 0 Å². The molecule has 1 saturated carbocycles. The molecule has 9 aliphatic heterocycles. The molecule has 9 heterocycles. The minimum absolute atomic E-state index is 0.00702. The van der Waals surface area contributed by atoms with E-state index in [1.165, 1.54) is 37.4 Å². The molecule has 10 aliphatic rings. The van der Waals surface area contributed by atoms with Crippen LogP contribution >= 0.6 is 0 Å². The molecule has 10 bridgehead atoms. The van der Waals surface area contributed by atoms with E-state index in [1.54, 1.807) is 6.08 Å². The van der Waals surface area contributed by atoms with Crippen molar-refractivity contribution >= 4 is 14.0 Å². The summed E-state index contributed by atoms with van der Waals surface area (Å²) in [6.07, 6.45) is 9.41. The van der Waals surface area contributed by atoms with Crippen molar-refractivity contribution in [1.82, 2.24) is 0 Å².